The lowest BCUT2D eigenvalue weighted by Gasteiger charge is -2.12. The Labute approximate surface area is 123 Å². The number of hydrogen-bond acceptors (Lipinski definition) is 4. The molecule has 112 valence electrons. The highest BCUT2D eigenvalue weighted by Crippen LogP contribution is 2.29. The van der Waals surface area contributed by atoms with E-state index in [1.807, 2.05) is 26.8 Å². The topological polar surface area (TPSA) is 56.5 Å². The van der Waals surface area contributed by atoms with Gasteiger partial charge in [0.15, 0.2) is 0 Å². The van der Waals surface area contributed by atoms with E-state index < -0.39 is 0 Å². The van der Waals surface area contributed by atoms with Crippen molar-refractivity contribution < 1.29 is 13.9 Å². The monoisotopic (exact) mass is 288 g/mol. The molecule has 0 saturated carbocycles. The molecule has 0 atom stereocenters. The van der Waals surface area contributed by atoms with Crippen LogP contribution in [0.25, 0.3) is 11.0 Å². The summed E-state index contributed by atoms with van der Waals surface area (Å²) in [6.07, 6.45) is 1.68. The van der Waals surface area contributed by atoms with Gasteiger partial charge in [0.25, 0.3) is 0 Å². The first-order chi connectivity index (χ1) is 10.0. The number of benzene rings is 1. The SMILES string of the molecule is CCC(=O)Oc1cc2oc(=O)c(CC)c(C)c2cc1CC. The standard InChI is InChI=1S/C17H20O4/c1-5-11-8-13-10(4)12(6-2)17(19)21-15(13)9-14(11)20-16(18)7-3/h8-9H,5-7H2,1-4H3. The van der Waals surface area contributed by atoms with E-state index in [1.165, 1.54) is 0 Å². The lowest BCUT2D eigenvalue weighted by atomic mass is 10.0. The molecule has 0 fully saturated rings. The van der Waals surface area contributed by atoms with Gasteiger partial charge < -0.3 is 9.15 Å². The number of aryl methyl sites for hydroxylation is 2. The van der Waals surface area contributed by atoms with Gasteiger partial charge in [-0.25, -0.2) is 4.79 Å². The van der Waals surface area contributed by atoms with Crippen molar-refractivity contribution >= 4 is 16.9 Å². The fourth-order valence-corrected chi connectivity index (χ4v) is 2.44. The fourth-order valence-electron chi connectivity index (χ4n) is 2.44. The largest absolute Gasteiger partial charge is 0.426 e. The fraction of sp³-hybridized carbons (Fsp3) is 0.412. The van der Waals surface area contributed by atoms with Crippen LogP contribution in [0, 0.1) is 6.92 Å². The molecule has 4 nitrogen and oxygen atoms in total. The zero-order valence-electron chi connectivity index (χ0n) is 12.9. The summed E-state index contributed by atoms with van der Waals surface area (Å²) in [5, 5.41) is 0.902. The third-order valence-corrected chi connectivity index (χ3v) is 3.72. The molecule has 0 aliphatic heterocycles. The Bertz CT molecular complexity index is 741. The molecule has 2 aromatic rings. The van der Waals surface area contributed by atoms with Gasteiger partial charge in [0.05, 0.1) is 0 Å². The third-order valence-electron chi connectivity index (χ3n) is 3.72. The van der Waals surface area contributed by atoms with Crippen molar-refractivity contribution in [2.75, 3.05) is 0 Å². The molecular weight excluding hydrogens is 268 g/mol. The Balaban J connectivity index is 2.69. The lowest BCUT2D eigenvalue weighted by molar-refractivity contribution is -0.134. The molecule has 21 heavy (non-hydrogen) atoms. The quantitative estimate of drug-likeness (QED) is 0.490. The summed E-state index contributed by atoms with van der Waals surface area (Å²) in [5.41, 5.74) is 2.71. The molecule has 0 unspecified atom stereocenters. The molecule has 1 aromatic heterocycles. The second-order valence-electron chi connectivity index (χ2n) is 4.98. The third kappa shape index (κ3) is 2.84. The van der Waals surface area contributed by atoms with E-state index in [2.05, 4.69) is 0 Å². The molecule has 4 heteroatoms. The summed E-state index contributed by atoms with van der Waals surface area (Å²) in [6, 6.07) is 3.60. The highest BCUT2D eigenvalue weighted by molar-refractivity contribution is 5.84. The summed E-state index contributed by atoms with van der Waals surface area (Å²) < 4.78 is 10.7. The van der Waals surface area contributed by atoms with Crippen molar-refractivity contribution in [1.82, 2.24) is 0 Å². The van der Waals surface area contributed by atoms with Crippen molar-refractivity contribution in [3.8, 4) is 5.75 Å². The molecule has 0 amide bonds. The van der Waals surface area contributed by atoms with Crippen molar-refractivity contribution in [3.05, 3.63) is 39.2 Å². The molecule has 0 spiro atoms. The maximum atomic E-state index is 12.0. The van der Waals surface area contributed by atoms with Gasteiger partial charge in [0.2, 0.25) is 0 Å². The highest BCUT2D eigenvalue weighted by atomic mass is 16.5. The number of rotatable bonds is 4. The van der Waals surface area contributed by atoms with E-state index in [-0.39, 0.29) is 11.6 Å². The minimum atomic E-state index is -0.320. The summed E-state index contributed by atoms with van der Waals surface area (Å²) in [6.45, 7) is 7.60. The summed E-state index contributed by atoms with van der Waals surface area (Å²) in [5.74, 6) is 0.178. The van der Waals surface area contributed by atoms with Crippen molar-refractivity contribution in [2.45, 2.75) is 47.0 Å². The van der Waals surface area contributed by atoms with Crippen LogP contribution in [0.15, 0.2) is 21.3 Å². The van der Waals surface area contributed by atoms with Gasteiger partial charge >= 0.3 is 11.6 Å². The maximum Gasteiger partial charge on any atom is 0.339 e. The number of hydrogen-bond donors (Lipinski definition) is 0. The first kappa shape index (κ1) is 15.3. The van der Waals surface area contributed by atoms with E-state index >= 15 is 0 Å². The van der Waals surface area contributed by atoms with Gasteiger partial charge in [0, 0.05) is 23.4 Å². The number of esters is 1. The van der Waals surface area contributed by atoms with Crippen molar-refractivity contribution in [1.29, 1.82) is 0 Å². The molecule has 0 aliphatic carbocycles. The highest BCUT2D eigenvalue weighted by Gasteiger charge is 2.14. The predicted octanol–water partition coefficient (Wildman–Crippen LogP) is 3.54. The molecule has 2 rings (SSSR count). The van der Waals surface area contributed by atoms with Crippen LogP contribution in [0.3, 0.4) is 0 Å². The van der Waals surface area contributed by atoms with Crippen LogP contribution in [0.1, 0.15) is 43.9 Å². The molecule has 0 aliphatic rings. The van der Waals surface area contributed by atoms with Crippen LogP contribution in [0.4, 0.5) is 0 Å². The Hall–Kier alpha value is -2.10. The molecule has 0 saturated heterocycles. The van der Waals surface area contributed by atoms with E-state index in [9.17, 15) is 9.59 Å². The Kier molecular flexibility index (Phi) is 4.46. The first-order valence-electron chi connectivity index (χ1n) is 7.31. The van der Waals surface area contributed by atoms with Gasteiger partial charge in [0.1, 0.15) is 11.3 Å². The van der Waals surface area contributed by atoms with Crippen LogP contribution < -0.4 is 10.4 Å². The Morgan fingerprint density at radius 1 is 1.19 bits per heavy atom. The van der Waals surface area contributed by atoms with Gasteiger partial charge in [-0.15, -0.1) is 0 Å². The second kappa shape index (κ2) is 6.12. The molecule has 0 bridgehead atoms. The number of carbonyl (C=O) groups is 1. The van der Waals surface area contributed by atoms with Gasteiger partial charge in [-0.3, -0.25) is 4.79 Å². The average Bonchev–Trinajstić information content (AvgIpc) is 2.47. The van der Waals surface area contributed by atoms with Crippen LogP contribution in [-0.4, -0.2) is 5.97 Å². The number of fused-ring (bicyclic) bond motifs is 1. The molecular formula is C17H20O4. The molecule has 1 aromatic carbocycles. The van der Waals surface area contributed by atoms with Gasteiger partial charge in [-0.2, -0.15) is 0 Å². The van der Waals surface area contributed by atoms with Crippen LogP contribution in [-0.2, 0) is 17.6 Å². The van der Waals surface area contributed by atoms with Crippen molar-refractivity contribution in [3.63, 3.8) is 0 Å². The van der Waals surface area contributed by atoms with Crippen molar-refractivity contribution in [2.24, 2.45) is 0 Å². The van der Waals surface area contributed by atoms with Crippen LogP contribution in [0.2, 0.25) is 0 Å². The molecule has 0 N–H and O–H groups in total. The number of carbonyl (C=O) groups excluding carboxylic acids is 1. The van der Waals surface area contributed by atoms with Crippen LogP contribution >= 0.6 is 0 Å². The van der Waals surface area contributed by atoms with E-state index in [1.54, 1.807) is 13.0 Å². The smallest absolute Gasteiger partial charge is 0.339 e. The van der Waals surface area contributed by atoms with Gasteiger partial charge in [-0.05, 0) is 37.0 Å². The van der Waals surface area contributed by atoms with E-state index in [0.29, 0.717) is 29.7 Å². The predicted molar refractivity (Wildman–Crippen MR) is 81.9 cm³/mol. The summed E-state index contributed by atoms with van der Waals surface area (Å²) >= 11 is 0. The minimum absolute atomic E-state index is 0.298. The molecule has 0 radical (unpaired) electrons. The minimum Gasteiger partial charge on any atom is -0.426 e. The number of ether oxygens (including phenoxy) is 1. The van der Waals surface area contributed by atoms with Crippen LogP contribution in [0.5, 0.6) is 5.75 Å². The Morgan fingerprint density at radius 2 is 1.90 bits per heavy atom. The zero-order valence-corrected chi connectivity index (χ0v) is 12.9. The first-order valence-corrected chi connectivity index (χ1v) is 7.31. The molecule has 1 heterocycles. The second-order valence-corrected chi connectivity index (χ2v) is 4.98. The summed E-state index contributed by atoms with van der Waals surface area (Å²) in [4.78, 5) is 23.5. The zero-order chi connectivity index (χ0) is 15.6. The summed E-state index contributed by atoms with van der Waals surface area (Å²) in [7, 11) is 0. The Morgan fingerprint density at radius 3 is 2.48 bits per heavy atom. The maximum absolute atomic E-state index is 12.0. The average molecular weight is 288 g/mol. The van der Waals surface area contributed by atoms with Gasteiger partial charge in [-0.1, -0.05) is 20.8 Å². The van der Waals surface area contributed by atoms with E-state index in [0.717, 1.165) is 22.9 Å². The van der Waals surface area contributed by atoms with E-state index in [4.69, 9.17) is 9.15 Å². The lowest BCUT2D eigenvalue weighted by Crippen LogP contribution is -2.10. The normalized spacial score (nSPS) is 10.9.